The molecule has 0 saturated carbocycles. The maximum absolute atomic E-state index is 14.0. The number of ether oxygens (including phenoxy) is 1. The number of imidazole rings is 1. The van der Waals surface area contributed by atoms with Gasteiger partial charge in [0.25, 0.3) is 0 Å². The van der Waals surface area contributed by atoms with Crippen LogP contribution < -0.4 is 10.1 Å². The van der Waals surface area contributed by atoms with Gasteiger partial charge in [0.05, 0.1) is 12.4 Å². The van der Waals surface area contributed by atoms with Crippen molar-refractivity contribution in [3.8, 4) is 5.88 Å². The van der Waals surface area contributed by atoms with Crippen LogP contribution in [-0.2, 0) is 0 Å². The summed E-state index contributed by atoms with van der Waals surface area (Å²) in [5.41, 5.74) is 1.54. The summed E-state index contributed by atoms with van der Waals surface area (Å²) >= 11 is 0. The molecule has 11 heteroatoms. The maximum Gasteiger partial charge on any atom is 0.388 e. The SMILES string of the molecule is C[C@@H](c1cccnc1F)n1cnc2ccc(Nc3cc(OC(F)F)[nH]n3)nc21. The Morgan fingerprint density at radius 3 is 2.82 bits per heavy atom. The number of pyridine rings is 2. The smallest absolute Gasteiger partial charge is 0.388 e. The molecule has 0 unspecified atom stereocenters. The van der Waals surface area contributed by atoms with E-state index in [-0.39, 0.29) is 11.7 Å². The lowest BCUT2D eigenvalue weighted by atomic mass is 10.1. The van der Waals surface area contributed by atoms with E-state index in [2.05, 4.69) is 35.2 Å². The number of fused-ring (bicyclic) bond motifs is 1. The fourth-order valence-electron chi connectivity index (χ4n) is 2.78. The van der Waals surface area contributed by atoms with Gasteiger partial charge < -0.3 is 14.6 Å². The van der Waals surface area contributed by atoms with Crippen LogP contribution in [-0.4, -0.2) is 36.3 Å². The maximum atomic E-state index is 14.0. The van der Waals surface area contributed by atoms with Gasteiger partial charge in [-0.3, -0.25) is 0 Å². The number of hydrogen-bond donors (Lipinski definition) is 2. The predicted molar refractivity (Wildman–Crippen MR) is 94.0 cm³/mol. The third-order valence-electron chi connectivity index (χ3n) is 4.10. The summed E-state index contributed by atoms with van der Waals surface area (Å²) in [7, 11) is 0. The van der Waals surface area contributed by atoms with Crippen molar-refractivity contribution in [3.05, 3.63) is 54.4 Å². The summed E-state index contributed by atoms with van der Waals surface area (Å²) in [6, 6.07) is 7.59. The number of nitrogens with zero attached hydrogens (tertiary/aromatic N) is 5. The molecule has 28 heavy (non-hydrogen) atoms. The van der Waals surface area contributed by atoms with E-state index in [1.54, 1.807) is 35.2 Å². The molecule has 0 amide bonds. The summed E-state index contributed by atoms with van der Waals surface area (Å²) in [5.74, 6) is -0.0818. The highest BCUT2D eigenvalue weighted by Crippen LogP contribution is 2.25. The predicted octanol–water partition coefficient (Wildman–Crippen LogP) is 3.64. The molecule has 0 aromatic carbocycles. The Labute approximate surface area is 156 Å². The zero-order chi connectivity index (χ0) is 19.7. The number of halogens is 3. The van der Waals surface area contributed by atoms with E-state index >= 15 is 0 Å². The summed E-state index contributed by atoms with van der Waals surface area (Å²) in [6.07, 6.45) is 2.95. The molecular formula is C17H14F3N7O. The van der Waals surface area contributed by atoms with E-state index < -0.39 is 18.6 Å². The van der Waals surface area contributed by atoms with Gasteiger partial charge in [0.1, 0.15) is 11.3 Å². The number of aromatic nitrogens is 6. The van der Waals surface area contributed by atoms with E-state index in [0.29, 0.717) is 22.5 Å². The third-order valence-corrected chi connectivity index (χ3v) is 4.10. The first-order valence-electron chi connectivity index (χ1n) is 8.22. The minimum atomic E-state index is -2.95. The largest absolute Gasteiger partial charge is 0.417 e. The van der Waals surface area contributed by atoms with E-state index in [0.717, 1.165) is 0 Å². The molecule has 0 spiro atoms. The average Bonchev–Trinajstić information content (AvgIpc) is 3.27. The fraction of sp³-hybridized carbons (Fsp3) is 0.176. The van der Waals surface area contributed by atoms with Crippen LogP contribution in [0.3, 0.4) is 0 Å². The second-order valence-corrected chi connectivity index (χ2v) is 5.87. The zero-order valence-corrected chi connectivity index (χ0v) is 14.5. The molecule has 0 aliphatic rings. The third kappa shape index (κ3) is 3.46. The van der Waals surface area contributed by atoms with Crippen LogP contribution in [0.2, 0.25) is 0 Å². The van der Waals surface area contributed by atoms with Crippen LogP contribution in [0.1, 0.15) is 18.5 Å². The molecule has 4 aromatic rings. The summed E-state index contributed by atoms with van der Waals surface area (Å²) in [6.45, 7) is -1.14. The second kappa shape index (κ2) is 7.18. The lowest BCUT2D eigenvalue weighted by Crippen LogP contribution is -2.09. The lowest BCUT2D eigenvalue weighted by Gasteiger charge is -2.14. The zero-order valence-electron chi connectivity index (χ0n) is 14.5. The Balaban J connectivity index is 1.63. The molecular weight excluding hydrogens is 375 g/mol. The molecule has 1 atom stereocenters. The van der Waals surface area contributed by atoms with Crippen LogP contribution in [0.5, 0.6) is 5.88 Å². The van der Waals surface area contributed by atoms with Crippen molar-refractivity contribution in [2.75, 3.05) is 5.32 Å². The number of anilines is 2. The van der Waals surface area contributed by atoms with Crippen molar-refractivity contribution in [1.82, 2.24) is 29.7 Å². The summed E-state index contributed by atoms with van der Waals surface area (Å²) < 4.78 is 44.5. The highest BCUT2D eigenvalue weighted by molar-refractivity contribution is 5.74. The van der Waals surface area contributed by atoms with E-state index in [9.17, 15) is 13.2 Å². The number of H-pyrrole nitrogens is 1. The van der Waals surface area contributed by atoms with Crippen LogP contribution >= 0.6 is 0 Å². The molecule has 0 fully saturated rings. The van der Waals surface area contributed by atoms with Gasteiger partial charge in [0.2, 0.25) is 11.8 Å². The van der Waals surface area contributed by atoms with Crippen molar-refractivity contribution in [2.45, 2.75) is 19.6 Å². The van der Waals surface area contributed by atoms with Crippen LogP contribution in [0.4, 0.5) is 24.8 Å². The number of nitrogens with one attached hydrogen (secondary N) is 2. The van der Waals surface area contributed by atoms with Gasteiger partial charge >= 0.3 is 6.61 Å². The normalized spacial score (nSPS) is 12.5. The Kier molecular flexibility index (Phi) is 4.55. The van der Waals surface area contributed by atoms with E-state index in [4.69, 9.17) is 0 Å². The molecule has 4 heterocycles. The molecule has 2 N–H and O–H groups in total. The van der Waals surface area contributed by atoms with Gasteiger partial charge in [-0.1, -0.05) is 6.07 Å². The number of alkyl halides is 2. The van der Waals surface area contributed by atoms with Crippen molar-refractivity contribution in [1.29, 1.82) is 0 Å². The Hall–Kier alpha value is -3.63. The Morgan fingerprint density at radius 1 is 1.18 bits per heavy atom. The van der Waals surface area contributed by atoms with Crippen LogP contribution in [0, 0.1) is 5.95 Å². The first-order valence-corrected chi connectivity index (χ1v) is 8.22. The van der Waals surface area contributed by atoms with Gasteiger partial charge in [-0.05, 0) is 25.1 Å². The highest BCUT2D eigenvalue weighted by atomic mass is 19.3. The molecule has 8 nitrogen and oxygen atoms in total. The quantitative estimate of drug-likeness (QED) is 0.489. The molecule has 4 aromatic heterocycles. The minimum Gasteiger partial charge on any atom is -0.417 e. The van der Waals surface area contributed by atoms with Crippen LogP contribution in [0.15, 0.2) is 42.9 Å². The van der Waals surface area contributed by atoms with Gasteiger partial charge in [-0.25, -0.2) is 20.1 Å². The van der Waals surface area contributed by atoms with Crippen molar-refractivity contribution in [3.63, 3.8) is 0 Å². The van der Waals surface area contributed by atoms with Gasteiger partial charge in [0, 0.05) is 17.8 Å². The number of aromatic amines is 1. The second-order valence-electron chi connectivity index (χ2n) is 5.87. The first kappa shape index (κ1) is 17.8. The molecule has 144 valence electrons. The molecule has 0 radical (unpaired) electrons. The molecule has 0 aliphatic carbocycles. The van der Waals surface area contributed by atoms with E-state index in [1.165, 1.54) is 12.3 Å². The Bertz CT molecular complexity index is 1110. The monoisotopic (exact) mass is 389 g/mol. The highest BCUT2D eigenvalue weighted by Gasteiger charge is 2.17. The lowest BCUT2D eigenvalue weighted by molar-refractivity contribution is -0.0528. The first-order chi connectivity index (χ1) is 13.5. The fourth-order valence-corrected chi connectivity index (χ4v) is 2.78. The van der Waals surface area contributed by atoms with Crippen LogP contribution in [0.25, 0.3) is 11.2 Å². The molecule has 4 rings (SSSR count). The van der Waals surface area contributed by atoms with Crippen molar-refractivity contribution in [2.24, 2.45) is 0 Å². The van der Waals surface area contributed by atoms with Gasteiger partial charge in [0.15, 0.2) is 11.5 Å². The summed E-state index contributed by atoms with van der Waals surface area (Å²) in [5, 5.41) is 9.06. The van der Waals surface area contributed by atoms with Crippen molar-refractivity contribution < 1.29 is 17.9 Å². The van der Waals surface area contributed by atoms with Crippen molar-refractivity contribution >= 4 is 22.8 Å². The minimum absolute atomic E-state index is 0.177. The molecule has 0 saturated heterocycles. The van der Waals surface area contributed by atoms with Gasteiger partial charge in [-0.15, -0.1) is 0 Å². The van der Waals surface area contributed by atoms with E-state index in [1.807, 2.05) is 6.92 Å². The number of hydrogen-bond acceptors (Lipinski definition) is 6. The topological polar surface area (TPSA) is 93.5 Å². The Morgan fingerprint density at radius 2 is 2.04 bits per heavy atom. The molecule has 0 bridgehead atoms. The van der Waals surface area contributed by atoms with Gasteiger partial charge in [-0.2, -0.15) is 18.3 Å². The average molecular weight is 389 g/mol. The summed E-state index contributed by atoms with van der Waals surface area (Å²) in [4.78, 5) is 12.4. The standard InChI is InChI=1S/C17H14F3N7O/c1-9(10-3-2-6-21-15(10)18)27-8-22-11-4-5-12(24-16(11)27)23-13-7-14(26-25-13)28-17(19)20/h2-9,17H,1H3,(H2,23,24,25,26)/t9-/m0/s1. The molecule has 0 aliphatic heterocycles. The number of rotatable bonds is 6.